The maximum atomic E-state index is 12.1. The van der Waals surface area contributed by atoms with E-state index in [-0.39, 0.29) is 5.97 Å². The third-order valence-corrected chi connectivity index (χ3v) is 6.29. The number of ether oxygens (including phenoxy) is 2. The molecule has 1 aromatic carbocycles. The quantitative estimate of drug-likeness (QED) is 0.457. The van der Waals surface area contributed by atoms with E-state index >= 15 is 0 Å². The van der Waals surface area contributed by atoms with Crippen molar-refractivity contribution in [3.8, 4) is 5.75 Å². The molecule has 0 amide bonds. The van der Waals surface area contributed by atoms with Crippen molar-refractivity contribution in [2.75, 3.05) is 32.8 Å². The second-order valence-corrected chi connectivity index (χ2v) is 8.46. The predicted molar refractivity (Wildman–Crippen MR) is 116 cm³/mol. The van der Waals surface area contributed by atoms with Crippen molar-refractivity contribution in [1.29, 1.82) is 0 Å². The lowest BCUT2D eigenvalue weighted by Crippen LogP contribution is -2.43. The van der Waals surface area contributed by atoms with Crippen molar-refractivity contribution in [2.24, 2.45) is 0 Å². The van der Waals surface area contributed by atoms with Crippen molar-refractivity contribution in [3.05, 3.63) is 52.2 Å². The van der Waals surface area contributed by atoms with Crippen molar-refractivity contribution in [1.82, 2.24) is 4.90 Å². The zero-order chi connectivity index (χ0) is 20.5. The van der Waals surface area contributed by atoms with Crippen LogP contribution >= 0.6 is 11.3 Å². The Morgan fingerprint density at radius 2 is 1.90 bits per heavy atom. The van der Waals surface area contributed by atoms with E-state index in [0.717, 1.165) is 57.3 Å². The molecule has 0 radical (unpaired) electrons. The maximum absolute atomic E-state index is 12.1. The van der Waals surface area contributed by atoms with E-state index in [1.807, 2.05) is 41.8 Å². The molecule has 0 spiro atoms. The number of nitrogens with zero attached hydrogens (tertiary/aromatic N) is 1. The van der Waals surface area contributed by atoms with Crippen LogP contribution in [0, 0.1) is 0 Å². The van der Waals surface area contributed by atoms with Gasteiger partial charge in [0.25, 0.3) is 0 Å². The fourth-order valence-electron chi connectivity index (χ4n) is 3.59. The Balaban J connectivity index is 1.38. The molecule has 29 heavy (non-hydrogen) atoms. The van der Waals surface area contributed by atoms with Crippen LogP contribution in [0.4, 0.5) is 0 Å². The number of rotatable bonds is 10. The first kappa shape index (κ1) is 21.8. The molecule has 1 aliphatic rings. The van der Waals surface area contributed by atoms with E-state index in [1.165, 1.54) is 11.3 Å². The predicted octanol–water partition coefficient (Wildman–Crippen LogP) is 4.46. The molecule has 6 heteroatoms. The van der Waals surface area contributed by atoms with Gasteiger partial charge in [-0.2, -0.15) is 0 Å². The van der Waals surface area contributed by atoms with Crippen LogP contribution in [0.3, 0.4) is 0 Å². The normalized spacial score (nSPS) is 16.5. The maximum Gasteiger partial charge on any atom is 0.352 e. The minimum Gasteiger partial charge on any atom is -0.492 e. The molecule has 1 saturated heterocycles. The summed E-state index contributed by atoms with van der Waals surface area (Å²) >= 11 is 1.36. The molecule has 0 aliphatic carbocycles. The van der Waals surface area contributed by atoms with Gasteiger partial charge in [0.05, 0.1) is 18.8 Å². The molecule has 2 heterocycles. The molecule has 1 N–H and O–H groups in total. The lowest BCUT2D eigenvalue weighted by atomic mass is 9.84. The molecule has 2 aromatic rings. The number of carbonyl (C=O) groups is 1. The van der Waals surface area contributed by atoms with E-state index in [0.29, 0.717) is 23.8 Å². The molecular formula is C23H31NO4S. The number of benzene rings is 1. The van der Waals surface area contributed by atoms with Crippen LogP contribution in [0.2, 0.25) is 0 Å². The minimum absolute atomic E-state index is 0.292. The summed E-state index contributed by atoms with van der Waals surface area (Å²) in [7, 11) is 0. The monoisotopic (exact) mass is 417 g/mol. The second-order valence-electron chi connectivity index (χ2n) is 7.54. The summed E-state index contributed by atoms with van der Waals surface area (Å²) < 4.78 is 11.1. The second kappa shape index (κ2) is 10.8. The Morgan fingerprint density at radius 1 is 1.14 bits per heavy atom. The fraction of sp³-hybridized carbons (Fsp3) is 0.522. The van der Waals surface area contributed by atoms with Gasteiger partial charge in [0.2, 0.25) is 0 Å². The number of aliphatic hydroxyl groups is 1. The number of esters is 1. The van der Waals surface area contributed by atoms with Gasteiger partial charge >= 0.3 is 5.97 Å². The number of hydrogen-bond donors (Lipinski definition) is 1. The number of thiophene rings is 1. The van der Waals surface area contributed by atoms with Crippen molar-refractivity contribution < 1.29 is 19.4 Å². The van der Waals surface area contributed by atoms with Crippen LogP contribution in [-0.2, 0) is 10.3 Å². The third-order valence-electron chi connectivity index (χ3n) is 5.42. The number of carbonyl (C=O) groups excluding carboxylic acids is 1. The first-order valence-electron chi connectivity index (χ1n) is 10.5. The average molecular weight is 418 g/mol. The molecule has 1 aromatic heterocycles. The smallest absolute Gasteiger partial charge is 0.352 e. The Hall–Kier alpha value is -1.89. The van der Waals surface area contributed by atoms with Gasteiger partial charge in [-0.1, -0.05) is 43.7 Å². The summed E-state index contributed by atoms with van der Waals surface area (Å²) in [5, 5.41) is 12.8. The largest absolute Gasteiger partial charge is 0.492 e. The molecule has 0 unspecified atom stereocenters. The van der Waals surface area contributed by atoms with Crippen molar-refractivity contribution in [3.63, 3.8) is 0 Å². The van der Waals surface area contributed by atoms with Gasteiger partial charge in [0.1, 0.15) is 5.75 Å². The van der Waals surface area contributed by atoms with Crippen molar-refractivity contribution in [2.45, 2.75) is 44.6 Å². The van der Waals surface area contributed by atoms with Crippen LogP contribution in [0.15, 0.2) is 41.8 Å². The van der Waals surface area contributed by atoms with Gasteiger partial charge in [-0.15, -0.1) is 11.3 Å². The van der Waals surface area contributed by atoms with E-state index < -0.39 is 5.60 Å². The third kappa shape index (κ3) is 6.04. The Morgan fingerprint density at radius 3 is 2.62 bits per heavy atom. The molecule has 0 saturated carbocycles. The van der Waals surface area contributed by atoms with Gasteiger partial charge < -0.3 is 19.5 Å². The van der Waals surface area contributed by atoms with Crippen LogP contribution in [0.5, 0.6) is 5.75 Å². The highest BCUT2D eigenvalue weighted by Crippen LogP contribution is 2.32. The molecule has 1 aliphatic heterocycles. The van der Waals surface area contributed by atoms with Gasteiger partial charge in [-0.3, -0.25) is 0 Å². The van der Waals surface area contributed by atoms with Crippen LogP contribution in [0.25, 0.3) is 0 Å². The topological polar surface area (TPSA) is 59.0 Å². The summed E-state index contributed by atoms with van der Waals surface area (Å²) in [6.07, 6.45) is 4.25. The van der Waals surface area contributed by atoms with Gasteiger partial charge in [0, 0.05) is 19.6 Å². The average Bonchev–Trinajstić information content (AvgIpc) is 3.22. The Bertz CT molecular complexity index is 753. The molecule has 0 bridgehead atoms. The van der Waals surface area contributed by atoms with Crippen molar-refractivity contribution >= 4 is 17.3 Å². The van der Waals surface area contributed by atoms with Gasteiger partial charge in [-0.25, -0.2) is 4.79 Å². The zero-order valence-corrected chi connectivity index (χ0v) is 18.0. The number of likely N-dealkylation sites (tertiary alicyclic amines) is 1. The standard InChI is InChI=1S/C23H31NO4S/c1-2-3-16-28-22(25)21-20(10-18-29-21)27-17-7-13-24-14-11-23(26,12-15-24)19-8-5-4-6-9-19/h4-6,8-10,18,26H,2-3,7,11-17H2,1H3. The van der Waals surface area contributed by atoms with Gasteiger partial charge in [-0.05, 0) is 42.7 Å². The number of hydrogen-bond acceptors (Lipinski definition) is 6. The molecule has 0 atom stereocenters. The van der Waals surface area contributed by atoms with E-state index in [2.05, 4.69) is 11.8 Å². The Labute approximate surface area is 177 Å². The fourth-order valence-corrected chi connectivity index (χ4v) is 4.31. The SMILES string of the molecule is CCCCOC(=O)c1sccc1OCCCN1CCC(O)(c2ccccc2)CC1. The first-order valence-corrected chi connectivity index (χ1v) is 11.4. The van der Waals surface area contributed by atoms with Crippen LogP contribution in [0.1, 0.15) is 54.3 Å². The summed E-state index contributed by atoms with van der Waals surface area (Å²) in [5.74, 6) is 0.327. The highest BCUT2D eigenvalue weighted by molar-refractivity contribution is 7.12. The lowest BCUT2D eigenvalue weighted by molar-refractivity contribution is -0.0264. The molecule has 5 nitrogen and oxygen atoms in total. The molecule has 158 valence electrons. The van der Waals surface area contributed by atoms with E-state index in [9.17, 15) is 9.90 Å². The van der Waals surface area contributed by atoms with Crippen LogP contribution in [-0.4, -0.2) is 48.8 Å². The first-order chi connectivity index (χ1) is 14.1. The lowest BCUT2D eigenvalue weighted by Gasteiger charge is -2.38. The summed E-state index contributed by atoms with van der Waals surface area (Å²) in [6.45, 7) is 5.75. The van der Waals surface area contributed by atoms with E-state index in [1.54, 1.807) is 0 Å². The summed E-state index contributed by atoms with van der Waals surface area (Å²) in [5.41, 5.74) is 0.302. The highest BCUT2D eigenvalue weighted by Gasteiger charge is 2.33. The van der Waals surface area contributed by atoms with E-state index in [4.69, 9.17) is 9.47 Å². The minimum atomic E-state index is -0.710. The molecule has 3 rings (SSSR count). The van der Waals surface area contributed by atoms with Gasteiger partial charge in [0.15, 0.2) is 4.88 Å². The van der Waals surface area contributed by atoms with Crippen LogP contribution < -0.4 is 4.74 Å². The number of piperidine rings is 1. The summed E-state index contributed by atoms with van der Waals surface area (Å²) in [4.78, 5) is 15.1. The number of unbranched alkanes of at least 4 members (excludes halogenated alkanes) is 1. The Kier molecular flexibility index (Phi) is 8.09. The zero-order valence-electron chi connectivity index (χ0n) is 17.1. The molecular weight excluding hydrogens is 386 g/mol. The highest BCUT2D eigenvalue weighted by atomic mass is 32.1. The summed E-state index contributed by atoms with van der Waals surface area (Å²) in [6, 6.07) is 11.8. The molecule has 1 fully saturated rings.